The van der Waals surface area contributed by atoms with Crippen molar-refractivity contribution in [1.29, 1.82) is 0 Å². The number of carbonyl (C=O) groups is 1. The average molecular weight is 332 g/mol. The van der Waals surface area contributed by atoms with E-state index in [9.17, 15) is 4.79 Å². The molecule has 0 spiro atoms. The molecule has 0 saturated carbocycles. The highest BCUT2D eigenvalue weighted by molar-refractivity contribution is 5.78. The fourth-order valence-corrected chi connectivity index (χ4v) is 2.34. The second-order valence-corrected chi connectivity index (χ2v) is 7.01. The van der Waals surface area contributed by atoms with Crippen molar-refractivity contribution in [2.24, 2.45) is 0 Å². The summed E-state index contributed by atoms with van der Waals surface area (Å²) in [5.41, 5.74) is 4.05. The first-order chi connectivity index (χ1) is 11.3. The van der Waals surface area contributed by atoms with Crippen LogP contribution < -0.4 is 0 Å². The van der Waals surface area contributed by atoms with Gasteiger partial charge in [0.1, 0.15) is 5.78 Å². The number of rotatable bonds is 13. The largest absolute Gasteiger partial charge is 0.300 e. The molecule has 0 aromatic carbocycles. The van der Waals surface area contributed by atoms with Gasteiger partial charge in [-0.1, -0.05) is 41.0 Å². The molecule has 0 fully saturated rings. The van der Waals surface area contributed by atoms with E-state index < -0.39 is 0 Å². The molecule has 0 aromatic heterocycles. The van der Waals surface area contributed by atoms with Crippen LogP contribution in [0.1, 0.15) is 66.2 Å². The van der Waals surface area contributed by atoms with Gasteiger partial charge in [0.05, 0.1) is 0 Å². The first-order valence-corrected chi connectivity index (χ1v) is 9.11. The maximum Gasteiger partial charge on any atom is 0.133 e. The van der Waals surface area contributed by atoms with E-state index >= 15 is 0 Å². The SMILES string of the molecule is C=CCN(C)CC=C(C)CCC=C(C)CCC(=O)CCC=C(C)C. The van der Waals surface area contributed by atoms with E-state index in [1.165, 1.54) is 16.7 Å². The van der Waals surface area contributed by atoms with Crippen LogP contribution in [0.5, 0.6) is 0 Å². The number of ketones is 1. The molecule has 0 bridgehead atoms. The van der Waals surface area contributed by atoms with Crippen LogP contribution >= 0.6 is 0 Å². The lowest BCUT2D eigenvalue weighted by atomic mass is 10.0. The van der Waals surface area contributed by atoms with Crippen LogP contribution in [0.3, 0.4) is 0 Å². The number of allylic oxidation sites excluding steroid dienone is 5. The van der Waals surface area contributed by atoms with Gasteiger partial charge in [0, 0.05) is 25.9 Å². The number of hydrogen-bond acceptors (Lipinski definition) is 2. The molecule has 0 aliphatic heterocycles. The first kappa shape index (κ1) is 22.6. The van der Waals surface area contributed by atoms with E-state index in [4.69, 9.17) is 0 Å². The van der Waals surface area contributed by atoms with Crippen molar-refractivity contribution in [2.45, 2.75) is 66.2 Å². The highest BCUT2D eigenvalue weighted by atomic mass is 16.1. The van der Waals surface area contributed by atoms with Crippen LogP contribution in [-0.4, -0.2) is 30.8 Å². The Morgan fingerprint density at radius 1 is 0.833 bits per heavy atom. The predicted molar refractivity (Wildman–Crippen MR) is 107 cm³/mol. The minimum Gasteiger partial charge on any atom is -0.300 e. The van der Waals surface area contributed by atoms with Crippen LogP contribution in [0, 0.1) is 0 Å². The van der Waals surface area contributed by atoms with Gasteiger partial charge in [-0.25, -0.2) is 0 Å². The highest BCUT2D eigenvalue weighted by Gasteiger charge is 2.01. The Morgan fingerprint density at radius 2 is 1.46 bits per heavy atom. The highest BCUT2D eigenvalue weighted by Crippen LogP contribution is 2.12. The fourth-order valence-electron chi connectivity index (χ4n) is 2.34. The molecular weight excluding hydrogens is 294 g/mol. The summed E-state index contributed by atoms with van der Waals surface area (Å²) in [6.45, 7) is 14.1. The minimum absolute atomic E-state index is 0.376. The molecule has 0 aromatic rings. The fraction of sp³-hybridized carbons (Fsp3) is 0.591. The lowest BCUT2D eigenvalue weighted by Gasteiger charge is -2.11. The van der Waals surface area contributed by atoms with Crippen LogP contribution in [0.2, 0.25) is 0 Å². The summed E-state index contributed by atoms with van der Waals surface area (Å²) in [4.78, 5) is 14.1. The molecule has 0 rings (SSSR count). The first-order valence-electron chi connectivity index (χ1n) is 9.11. The molecule has 0 aliphatic rings. The van der Waals surface area contributed by atoms with Gasteiger partial charge in [-0.05, 0) is 60.4 Å². The van der Waals surface area contributed by atoms with E-state index in [1.54, 1.807) is 0 Å². The second-order valence-electron chi connectivity index (χ2n) is 7.01. The molecule has 0 unspecified atom stereocenters. The van der Waals surface area contributed by atoms with Crippen LogP contribution in [-0.2, 0) is 4.79 Å². The molecule has 0 N–H and O–H groups in total. The van der Waals surface area contributed by atoms with E-state index in [0.29, 0.717) is 18.6 Å². The summed E-state index contributed by atoms with van der Waals surface area (Å²) >= 11 is 0. The average Bonchev–Trinajstić information content (AvgIpc) is 2.51. The maximum atomic E-state index is 11.8. The molecule has 0 saturated heterocycles. The molecule has 0 heterocycles. The number of nitrogens with zero attached hydrogens (tertiary/aromatic N) is 1. The van der Waals surface area contributed by atoms with Crippen LogP contribution in [0.25, 0.3) is 0 Å². The zero-order chi connectivity index (χ0) is 18.4. The van der Waals surface area contributed by atoms with Crippen molar-refractivity contribution in [3.8, 4) is 0 Å². The van der Waals surface area contributed by atoms with Gasteiger partial charge >= 0.3 is 0 Å². The molecule has 24 heavy (non-hydrogen) atoms. The second kappa shape index (κ2) is 14.0. The van der Waals surface area contributed by atoms with Crippen molar-refractivity contribution < 1.29 is 4.79 Å². The van der Waals surface area contributed by atoms with Crippen molar-refractivity contribution in [3.05, 3.63) is 47.6 Å². The third-order valence-electron chi connectivity index (χ3n) is 4.00. The number of carbonyl (C=O) groups excluding carboxylic acids is 1. The lowest BCUT2D eigenvalue weighted by Crippen LogP contribution is -2.18. The zero-order valence-corrected chi connectivity index (χ0v) is 16.5. The van der Waals surface area contributed by atoms with E-state index in [0.717, 1.165) is 38.8 Å². The van der Waals surface area contributed by atoms with E-state index in [2.05, 4.69) is 64.4 Å². The molecule has 0 radical (unpaired) electrons. The van der Waals surface area contributed by atoms with Gasteiger partial charge < -0.3 is 0 Å². The Balaban J connectivity index is 3.97. The van der Waals surface area contributed by atoms with Crippen LogP contribution in [0.15, 0.2) is 47.6 Å². The van der Waals surface area contributed by atoms with Gasteiger partial charge in [0.15, 0.2) is 0 Å². The number of likely N-dealkylation sites (N-methyl/N-ethyl adjacent to an activating group) is 1. The third-order valence-corrected chi connectivity index (χ3v) is 4.00. The standard InChI is InChI=1S/C22H37NO/c1-7-17-23(6)18-16-21(5)12-9-11-20(4)14-15-22(24)13-8-10-19(2)3/h7,10-11,16H,1,8-9,12-15,17-18H2,2-6H3. The van der Waals surface area contributed by atoms with Gasteiger partial charge in [-0.15, -0.1) is 6.58 Å². The van der Waals surface area contributed by atoms with Crippen molar-refractivity contribution >= 4 is 5.78 Å². The summed E-state index contributed by atoms with van der Waals surface area (Å²) in [5, 5.41) is 0. The molecule has 2 heteroatoms. The van der Waals surface area contributed by atoms with E-state index in [1.807, 2.05) is 6.08 Å². The van der Waals surface area contributed by atoms with Gasteiger partial charge in [0.2, 0.25) is 0 Å². The predicted octanol–water partition coefficient (Wildman–Crippen LogP) is 5.87. The third kappa shape index (κ3) is 14.2. The molecule has 136 valence electrons. The van der Waals surface area contributed by atoms with Crippen molar-refractivity contribution in [2.75, 3.05) is 20.1 Å². The van der Waals surface area contributed by atoms with Gasteiger partial charge in [0.25, 0.3) is 0 Å². The molecule has 0 atom stereocenters. The van der Waals surface area contributed by atoms with Crippen molar-refractivity contribution in [1.82, 2.24) is 4.90 Å². The lowest BCUT2D eigenvalue weighted by molar-refractivity contribution is -0.118. The monoisotopic (exact) mass is 331 g/mol. The number of hydrogen-bond donors (Lipinski definition) is 0. The quantitative estimate of drug-likeness (QED) is 0.393. The van der Waals surface area contributed by atoms with E-state index in [-0.39, 0.29) is 0 Å². The zero-order valence-electron chi connectivity index (χ0n) is 16.5. The molecule has 2 nitrogen and oxygen atoms in total. The molecule has 0 amide bonds. The molecule has 0 aliphatic carbocycles. The summed E-state index contributed by atoms with van der Waals surface area (Å²) in [6.07, 6.45) is 13.9. The van der Waals surface area contributed by atoms with Crippen molar-refractivity contribution in [3.63, 3.8) is 0 Å². The number of Topliss-reactive ketones (excluding diaryl/α,β-unsaturated/α-hetero) is 1. The van der Waals surface area contributed by atoms with Gasteiger partial charge in [-0.3, -0.25) is 9.69 Å². The Labute approximate surface area is 150 Å². The summed E-state index contributed by atoms with van der Waals surface area (Å²) in [6, 6.07) is 0. The normalized spacial score (nSPS) is 12.4. The Bertz CT molecular complexity index is 464. The Kier molecular flexibility index (Phi) is 13.2. The minimum atomic E-state index is 0.376. The summed E-state index contributed by atoms with van der Waals surface area (Å²) in [5.74, 6) is 0.376. The molecular formula is C22H37NO. The Hall–Kier alpha value is -1.41. The van der Waals surface area contributed by atoms with Gasteiger partial charge in [-0.2, -0.15) is 0 Å². The summed E-state index contributed by atoms with van der Waals surface area (Å²) in [7, 11) is 2.10. The smallest absolute Gasteiger partial charge is 0.133 e. The maximum absolute atomic E-state index is 11.8. The summed E-state index contributed by atoms with van der Waals surface area (Å²) < 4.78 is 0. The topological polar surface area (TPSA) is 20.3 Å². The van der Waals surface area contributed by atoms with Crippen LogP contribution in [0.4, 0.5) is 0 Å². The Morgan fingerprint density at radius 3 is 2.08 bits per heavy atom.